The Hall–Kier alpha value is -3.05. The molecule has 3 saturated heterocycles. The monoisotopic (exact) mass is 548 g/mol. The average molecular weight is 549 g/mol. The van der Waals surface area contributed by atoms with E-state index in [0.717, 1.165) is 73.0 Å². The number of aromatic nitrogens is 3. The number of hydrogen-bond acceptors (Lipinski definition) is 10. The van der Waals surface area contributed by atoms with Gasteiger partial charge >= 0.3 is 0 Å². The topological polar surface area (TPSA) is 97.4 Å². The van der Waals surface area contributed by atoms with Crippen LogP contribution in [-0.2, 0) is 20.8 Å². The largest absolute Gasteiger partial charge is 0.496 e. The molecular formula is C30H40N6O4. The molecule has 3 fully saturated rings. The fourth-order valence-corrected chi connectivity index (χ4v) is 5.68. The van der Waals surface area contributed by atoms with E-state index >= 15 is 0 Å². The third kappa shape index (κ3) is 6.15. The Kier molecular flexibility index (Phi) is 8.02. The van der Waals surface area contributed by atoms with E-state index in [4.69, 9.17) is 33.9 Å². The van der Waals surface area contributed by atoms with E-state index in [1.54, 1.807) is 7.11 Å². The lowest BCUT2D eigenvalue weighted by Crippen LogP contribution is -2.46. The smallest absolute Gasteiger partial charge is 0.229 e. The molecule has 0 aliphatic carbocycles. The van der Waals surface area contributed by atoms with Gasteiger partial charge in [-0.25, -0.2) is 4.98 Å². The molecule has 3 aromatic rings. The summed E-state index contributed by atoms with van der Waals surface area (Å²) in [6.07, 6.45) is 1.64. The van der Waals surface area contributed by atoms with Crippen LogP contribution in [0.3, 0.4) is 0 Å². The minimum Gasteiger partial charge on any atom is -0.496 e. The van der Waals surface area contributed by atoms with Crippen molar-refractivity contribution in [3.05, 3.63) is 35.9 Å². The van der Waals surface area contributed by atoms with Crippen molar-refractivity contribution in [2.45, 2.75) is 58.1 Å². The summed E-state index contributed by atoms with van der Waals surface area (Å²) < 4.78 is 22.7. The first-order valence-electron chi connectivity index (χ1n) is 14.4. The van der Waals surface area contributed by atoms with Gasteiger partial charge in [-0.3, -0.25) is 0 Å². The Morgan fingerprint density at radius 2 is 1.80 bits per heavy atom. The zero-order chi connectivity index (χ0) is 27.6. The second-order valence-corrected chi connectivity index (χ2v) is 11.2. The highest BCUT2D eigenvalue weighted by atomic mass is 16.6. The number of rotatable bonds is 9. The molecular weight excluding hydrogens is 508 g/mol. The lowest BCUT2D eigenvalue weighted by Gasteiger charge is -2.36. The summed E-state index contributed by atoms with van der Waals surface area (Å²) in [6.45, 7) is 12.4. The number of fused-ring (bicyclic) bond motifs is 1. The third-order valence-corrected chi connectivity index (χ3v) is 7.78. The van der Waals surface area contributed by atoms with Crippen LogP contribution in [0.15, 0.2) is 30.3 Å². The molecule has 1 aromatic carbocycles. The minimum absolute atomic E-state index is 0.111. The van der Waals surface area contributed by atoms with E-state index in [1.807, 2.05) is 6.07 Å². The third-order valence-electron chi connectivity index (χ3n) is 7.78. The Morgan fingerprint density at radius 1 is 1.02 bits per heavy atom. The lowest BCUT2D eigenvalue weighted by molar-refractivity contribution is -0.00570. The molecule has 2 aromatic heterocycles. The average Bonchev–Trinajstić information content (AvgIpc) is 3.79. The van der Waals surface area contributed by atoms with Gasteiger partial charge in [0.1, 0.15) is 11.6 Å². The molecule has 4 atom stereocenters. The van der Waals surface area contributed by atoms with E-state index in [2.05, 4.69) is 60.2 Å². The van der Waals surface area contributed by atoms with Crippen molar-refractivity contribution < 1.29 is 18.9 Å². The van der Waals surface area contributed by atoms with Crippen LogP contribution < -0.4 is 19.9 Å². The van der Waals surface area contributed by atoms with E-state index < -0.39 is 0 Å². The first-order chi connectivity index (χ1) is 19.5. The molecule has 0 saturated carbocycles. The second-order valence-electron chi connectivity index (χ2n) is 11.2. The fraction of sp³-hybridized carbons (Fsp3) is 0.567. The van der Waals surface area contributed by atoms with Crippen molar-refractivity contribution in [3.8, 4) is 17.0 Å². The summed E-state index contributed by atoms with van der Waals surface area (Å²) in [5, 5.41) is 4.57. The van der Waals surface area contributed by atoms with Gasteiger partial charge in [-0.05, 0) is 57.5 Å². The molecule has 214 valence electrons. The Morgan fingerprint density at radius 3 is 2.52 bits per heavy atom. The van der Waals surface area contributed by atoms with Crippen LogP contribution in [0.25, 0.3) is 22.3 Å². The molecule has 3 aliphatic heterocycles. The number of methoxy groups -OCH3 is 1. The zero-order valence-electron chi connectivity index (χ0n) is 23.9. The predicted molar refractivity (Wildman–Crippen MR) is 155 cm³/mol. The quantitative estimate of drug-likeness (QED) is 0.401. The van der Waals surface area contributed by atoms with Gasteiger partial charge in [0.15, 0.2) is 5.65 Å². The van der Waals surface area contributed by atoms with Gasteiger partial charge in [0, 0.05) is 49.9 Å². The molecule has 0 amide bonds. The molecule has 0 spiro atoms. The summed E-state index contributed by atoms with van der Waals surface area (Å²) >= 11 is 0. The number of nitrogens with one attached hydrogen (secondary N) is 1. The summed E-state index contributed by atoms with van der Waals surface area (Å²) in [7, 11) is 1.72. The van der Waals surface area contributed by atoms with Crippen LogP contribution in [0.1, 0.15) is 32.8 Å². The first kappa shape index (κ1) is 27.1. The summed E-state index contributed by atoms with van der Waals surface area (Å²) in [5.74, 6) is 2.48. The molecule has 5 heterocycles. The summed E-state index contributed by atoms with van der Waals surface area (Å²) in [5.41, 5.74) is 3.69. The van der Waals surface area contributed by atoms with Crippen LogP contribution in [0.4, 0.5) is 11.8 Å². The number of benzene rings is 1. The number of nitrogens with zero attached hydrogens (tertiary/aromatic N) is 5. The number of hydrogen-bond donors (Lipinski definition) is 1. The molecule has 1 N–H and O–H groups in total. The maximum Gasteiger partial charge on any atom is 0.229 e. The fourth-order valence-electron chi connectivity index (χ4n) is 5.68. The number of ether oxygens (including phenoxy) is 4. The molecule has 10 heteroatoms. The van der Waals surface area contributed by atoms with Crippen molar-refractivity contribution in [3.63, 3.8) is 0 Å². The maximum atomic E-state index is 5.97. The van der Waals surface area contributed by atoms with E-state index in [-0.39, 0.29) is 12.2 Å². The van der Waals surface area contributed by atoms with Crippen LogP contribution >= 0.6 is 0 Å². The van der Waals surface area contributed by atoms with Gasteiger partial charge in [0.25, 0.3) is 0 Å². The van der Waals surface area contributed by atoms with Gasteiger partial charge < -0.3 is 34.1 Å². The molecule has 0 radical (unpaired) electrons. The second kappa shape index (κ2) is 11.8. The standard InChI is InChI=1S/C30H40N6O4/c1-19(13-24-18-39-24)31-15-23-14-22(5-8-27(23)37-4)26-7-6-25-28(32-26)33-30(36-16-20(2)40-21(3)17-36)34-29(25)35-9-11-38-12-10-35/h5-8,14,19-21,24,31H,9-13,15-18H2,1-4H3. The zero-order valence-corrected chi connectivity index (χ0v) is 23.9. The normalized spacial score (nSPS) is 23.9. The predicted octanol–water partition coefficient (Wildman–Crippen LogP) is 3.42. The first-order valence-corrected chi connectivity index (χ1v) is 14.4. The highest BCUT2D eigenvalue weighted by Crippen LogP contribution is 2.31. The molecule has 4 unspecified atom stereocenters. The Balaban J connectivity index is 1.34. The lowest BCUT2D eigenvalue weighted by atomic mass is 10.0. The molecule has 6 rings (SSSR count). The molecule has 3 aliphatic rings. The summed E-state index contributed by atoms with van der Waals surface area (Å²) in [6, 6.07) is 10.8. The highest BCUT2D eigenvalue weighted by Gasteiger charge is 2.27. The van der Waals surface area contributed by atoms with Crippen molar-refractivity contribution >= 4 is 22.8 Å². The SMILES string of the molecule is COc1ccc(-c2ccc3c(N4CCOCC4)nc(N4CC(C)OC(C)C4)nc3n2)cc1CNC(C)CC1CO1. The Labute approximate surface area is 236 Å². The number of epoxide rings is 1. The van der Waals surface area contributed by atoms with Crippen molar-refractivity contribution in [1.82, 2.24) is 20.3 Å². The van der Waals surface area contributed by atoms with Crippen LogP contribution in [-0.4, -0.2) is 92.4 Å². The summed E-state index contributed by atoms with van der Waals surface area (Å²) in [4.78, 5) is 19.7. The van der Waals surface area contributed by atoms with Gasteiger partial charge in [0.05, 0.1) is 56.3 Å². The van der Waals surface area contributed by atoms with E-state index in [1.165, 1.54) is 0 Å². The maximum absolute atomic E-state index is 5.97. The van der Waals surface area contributed by atoms with Gasteiger partial charge in [0.2, 0.25) is 5.95 Å². The number of pyridine rings is 1. The van der Waals surface area contributed by atoms with Crippen LogP contribution in [0.5, 0.6) is 5.75 Å². The Bertz CT molecular complexity index is 1320. The van der Waals surface area contributed by atoms with Crippen LogP contribution in [0.2, 0.25) is 0 Å². The van der Waals surface area contributed by atoms with Gasteiger partial charge in [-0.1, -0.05) is 0 Å². The molecule has 0 bridgehead atoms. The van der Waals surface area contributed by atoms with Crippen LogP contribution in [0, 0.1) is 0 Å². The van der Waals surface area contributed by atoms with Gasteiger partial charge in [-0.2, -0.15) is 9.97 Å². The van der Waals surface area contributed by atoms with E-state index in [0.29, 0.717) is 43.5 Å². The highest BCUT2D eigenvalue weighted by molar-refractivity contribution is 5.90. The van der Waals surface area contributed by atoms with Gasteiger partial charge in [-0.15, -0.1) is 0 Å². The van der Waals surface area contributed by atoms with Crippen molar-refractivity contribution in [2.75, 3.05) is 62.9 Å². The number of morpholine rings is 2. The van der Waals surface area contributed by atoms with E-state index in [9.17, 15) is 0 Å². The molecule has 10 nitrogen and oxygen atoms in total. The molecule has 40 heavy (non-hydrogen) atoms. The van der Waals surface area contributed by atoms with Crippen molar-refractivity contribution in [2.24, 2.45) is 0 Å². The minimum atomic E-state index is 0.111. The number of anilines is 2. The van der Waals surface area contributed by atoms with Crippen molar-refractivity contribution in [1.29, 1.82) is 0 Å².